The van der Waals surface area contributed by atoms with E-state index in [1.54, 1.807) is 37.3 Å². The molecule has 1 aromatic carbocycles. The van der Waals surface area contributed by atoms with E-state index < -0.39 is 17.1 Å². The van der Waals surface area contributed by atoms with Crippen molar-refractivity contribution < 1.29 is 18.0 Å². The summed E-state index contributed by atoms with van der Waals surface area (Å²) in [6, 6.07) is 9.41. The summed E-state index contributed by atoms with van der Waals surface area (Å²) in [5, 5.41) is 2.02. The molecule has 2 aromatic rings. The van der Waals surface area contributed by atoms with Gasteiger partial charge in [0.2, 0.25) is 5.91 Å². The summed E-state index contributed by atoms with van der Waals surface area (Å²) >= 11 is 0.899. The molecule has 4 nitrogen and oxygen atoms in total. The summed E-state index contributed by atoms with van der Waals surface area (Å²) in [7, 11) is 0. The van der Waals surface area contributed by atoms with Gasteiger partial charge in [0, 0.05) is 11.6 Å². The molecule has 2 rings (SSSR count). The number of nitrogens with one attached hydrogen (secondary N) is 1. The van der Waals surface area contributed by atoms with Crippen molar-refractivity contribution in [2.24, 2.45) is 0 Å². The van der Waals surface area contributed by atoms with Gasteiger partial charge < -0.3 is 5.32 Å². The van der Waals surface area contributed by atoms with E-state index in [1.165, 1.54) is 0 Å². The molecule has 134 valence electrons. The van der Waals surface area contributed by atoms with Crippen LogP contribution >= 0.6 is 11.8 Å². The van der Waals surface area contributed by atoms with Crippen LogP contribution in [0.2, 0.25) is 0 Å². The van der Waals surface area contributed by atoms with Crippen LogP contribution in [0.1, 0.15) is 26.5 Å². The molecule has 1 atom stereocenters. The molecule has 0 radical (unpaired) electrons. The van der Waals surface area contributed by atoms with Crippen molar-refractivity contribution in [3.63, 3.8) is 0 Å². The largest absolute Gasteiger partial charge is 0.433 e. The second-order valence-electron chi connectivity index (χ2n) is 5.71. The molecule has 0 aliphatic rings. The van der Waals surface area contributed by atoms with Gasteiger partial charge in [-0.3, -0.25) is 4.79 Å². The maximum Gasteiger partial charge on any atom is 0.433 e. The summed E-state index contributed by atoms with van der Waals surface area (Å²) in [5.41, 5.74) is -0.307. The third-order valence-electron chi connectivity index (χ3n) is 3.15. The van der Waals surface area contributed by atoms with Gasteiger partial charge in [-0.05, 0) is 26.8 Å². The normalized spacial score (nSPS) is 12.9. The number of alkyl halides is 3. The van der Waals surface area contributed by atoms with Gasteiger partial charge in [0.1, 0.15) is 5.69 Å². The van der Waals surface area contributed by atoms with Crippen LogP contribution in [0.3, 0.4) is 0 Å². The van der Waals surface area contributed by atoms with Crippen LogP contribution in [-0.2, 0) is 11.0 Å². The second-order valence-corrected chi connectivity index (χ2v) is 7.02. The van der Waals surface area contributed by atoms with Crippen LogP contribution in [0.25, 0.3) is 11.3 Å². The predicted octanol–water partition coefficient (Wildman–Crippen LogP) is 4.17. The Labute approximate surface area is 148 Å². The third kappa shape index (κ3) is 5.45. The van der Waals surface area contributed by atoms with Gasteiger partial charge in [0.05, 0.1) is 10.9 Å². The SMILES string of the molecule is CC(C)NC(=O)[C@@H](C)Sc1nc(-c2ccccc2)cc(C(F)(F)F)n1. The van der Waals surface area contributed by atoms with Crippen molar-refractivity contribution in [2.75, 3.05) is 0 Å². The fourth-order valence-electron chi connectivity index (χ4n) is 1.99. The number of amides is 1. The molecule has 0 unspecified atom stereocenters. The lowest BCUT2D eigenvalue weighted by Crippen LogP contribution is -2.36. The predicted molar refractivity (Wildman–Crippen MR) is 91.1 cm³/mol. The van der Waals surface area contributed by atoms with Crippen molar-refractivity contribution >= 4 is 17.7 Å². The maximum absolute atomic E-state index is 13.2. The topological polar surface area (TPSA) is 54.9 Å². The molecule has 0 saturated carbocycles. The highest BCUT2D eigenvalue weighted by molar-refractivity contribution is 8.00. The zero-order valence-corrected chi connectivity index (χ0v) is 14.8. The van der Waals surface area contributed by atoms with Gasteiger partial charge in [0.15, 0.2) is 5.16 Å². The van der Waals surface area contributed by atoms with Crippen molar-refractivity contribution in [1.29, 1.82) is 0 Å². The first-order valence-electron chi connectivity index (χ1n) is 7.65. The van der Waals surface area contributed by atoms with Crippen LogP contribution in [0.15, 0.2) is 41.6 Å². The Morgan fingerprint density at radius 3 is 2.32 bits per heavy atom. The summed E-state index contributed by atoms with van der Waals surface area (Å²) in [6.45, 7) is 5.22. The van der Waals surface area contributed by atoms with Crippen molar-refractivity contribution in [3.05, 3.63) is 42.1 Å². The summed E-state index contributed by atoms with van der Waals surface area (Å²) < 4.78 is 39.5. The molecule has 0 spiro atoms. The summed E-state index contributed by atoms with van der Waals surface area (Å²) in [4.78, 5) is 19.8. The minimum atomic E-state index is -4.59. The lowest BCUT2D eigenvalue weighted by molar-refractivity contribution is -0.141. The molecule has 1 N–H and O–H groups in total. The number of thioether (sulfide) groups is 1. The van der Waals surface area contributed by atoms with Crippen molar-refractivity contribution in [1.82, 2.24) is 15.3 Å². The molecule has 25 heavy (non-hydrogen) atoms. The van der Waals surface area contributed by atoms with Gasteiger partial charge in [-0.2, -0.15) is 13.2 Å². The van der Waals surface area contributed by atoms with E-state index in [9.17, 15) is 18.0 Å². The lowest BCUT2D eigenvalue weighted by Gasteiger charge is -2.15. The standard InChI is InChI=1S/C17H18F3N3OS/c1-10(2)21-15(24)11(3)25-16-22-13(12-7-5-4-6-8-12)9-14(23-16)17(18,19)20/h4-11H,1-3H3,(H,21,24)/t11-/m1/s1. The Kier molecular flexibility index (Phi) is 6.05. The van der Waals surface area contributed by atoms with Gasteiger partial charge in [-0.15, -0.1) is 0 Å². The molecular formula is C17H18F3N3OS. The summed E-state index contributed by atoms with van der Waals surface area (Å²) in [5.74, 6) is -0.276. The van der Waals surface area contributed by atoms with E-state index in [4.69, 9.17) is 0 Å². The molecule has 0 bridgehead atoms. The minimum absolute atomic E-state index is 0.0575. The summed E-state index contributed by atoms with van der Waals surface area (Å²) in [6.07, 6.45) is -4.59. The Bertz CT molecular complexity index is 736. The first-order valence-corrected chi connectivity index (χ1v) is 8.53. The average Bonchev–Trinajstić information content (AvgIpc) is 2.54. The van der Waals surface area contributed by atoms with E-state index >= 15 is 0 Å². The highest BCUT2D eigenvalue weighted by Crippen LogP contribution is 2.32. The first-order chi connectivity index (χ1) is 11.7. The molecule has 0 aliphatic carbocycles. The first kappa shape index (κ1) is 19.2. The molecule has 1 aromatic heterocycles. The smallest absolute Gasteiger partial charge is 0.353 e. The quantitative estimate of drug-likeness (QED) is 0.635. The molecule has 0 aliphatic heterocycles. The average molecular weight is 369 g/mol. The van der Waals surface area contributed by atoms with E-state index in [-0.39, 0.29) is 22.8 Å². The molecule has 8 heteroatoms. The number of benzene rings is 1. The van der Waals surface area contributed by atoms with Gasteiger partial charge in [0.25, 0.3) is 0 Å². The van der Waals surface area contributed by atoms with Gasteiger partial charge >= 0.3 is 6.18 Å². The Hall–Kier alpha value is -2.09. The number of halogens is 3. The highest BCUT2D eigenvalue weighted by Gasteiger charge is 2.34. The Balaban J connectivity index is 2.36. The van der Waals surface area contributed by atoms with Crippen LogP contribution in [0, 0.1) is 0 Å². The molecule has 0 saturated heterocycles. The molecule has 0 fully saturated rings. The Morgan fingerprint density at radius 1 is 1.12 bits per heavy atom. The zero-order valence-electron chi connectivity index (χ0n) is 14.0. The number of rotatable bonds is 5. The number of hydrogen-bond donors (Lipinski definition) is 1. The fourth-order valence-corrected chi connectivity index (χ4v) is 2.79. The number of carbonyl (C=O) groups excluding carboxylic acids is 1. The monoisotopic (exact) mass is 369 g/mol. The highest BCUT2D eigenvalue weighted by atomic mass is 32.2. The lowest BCUT2D eigenvalue weighted by atomic mass is 10.1. The molecule has 1 heterocycles. The van der Waals surface area contributed by atoms with Crippen molar-refractivity contribution in [2.45, 2.75) is 43.4 Å². The number of carbonyl (C=O) groups is 1. The number of aromatic nitrogens is 2. The van der Waals surface area contributed by atoms with Gasteiger partial charge in [-0.1, -0.05) is 42.1 Å². The third-order valence-corrected chi connectivity index (χ3v) is 4.11. The number of nitrogens with zero attached hydrogens (tertiary/aromatic N) is 2. The van der Waals surface area contributed by atoms with Crippen LogP contribution in [-0.4, -0.2) is 27.2 Å². The zero-order chi connectivity index (χ0) is 18.6. The van der Waals surface area contributed by atoms with E-state index in [2.05, 4.69) is 15.3 Å². The second kappa shape index (κ2) is 7.86. The fraction of sp³-hybridized carbons (Fsp3) is 0.353. The number of hydrogen-bond acceptors (Lipinski definition) is 4. The maximum atomic E-state index is 13.2. The van der Waals surface area contributed by atoms with E-state index in [0.29, 0.717) is 5.56 Å². The Morgan fingerprint density at radius 2 is 1.76 bits per heavy atom. The van der Waals surface area contributed by atoms with Crippen LogP contribution in [0.4, 0.5) is 13.2 Å². The van der Waals surface area contributed by atoms with Gasteiger partial charge in [-0.25, -0.2) is 9.97 Å². The van der Waals surface area contributed by atoms with Crippen molar-refractivity contribution in [3.8, 4) is 11.3 Å². The van der Waals surface area contributed by atoms with Crippen LogP contribution in [0.5, 0.6) is 0 Å². The van der Waals surface area contributed by atoms with Crippen LogP contribution < -0.4 is 5.32 Å². The minimum Gasteiger partial charge on any atom is -0.353 e. The van der Waals surface area contributed by atoms with E-state index in [1.807, 2.05) is 13.8 Å². The van der Waals surface area contributed by atoms with E-state index in [0.717, 1.165) is 17.8 Å². The molecule has 1 amide bonds. The molecular weight excluding hydrogens is 351 g/mol.